The first-order chi connectivity index (χ1) is 13.3. The molecule has 1 atom stereocenters. The van der Waals surface area contributed by atoms with Gasteiger partial charge in [-0.15, -0.1) is 0 Å². The Morgan fingerprint density at radius 2 is 1.89 bits per heavy atom. The van der Waals surface area contributed by atoms with Crippen molar-refractivity contribution in [1.82, 2.24) is 14.8 Å². The lowest BCUT2D eigenvalue weighted by atomic mass is 10.1. The number of carbonyl (C=O) groups is 1. The third-order valence-electron chi connectivity index (χ3n) is 5.12. The Labute approximate surface area is 159 Å². The summed E-state index contributed by atoms with van der Waals surface area (Å²) in [6.45, 7) is 3.43. The van der Waals surface area contributed by atoms with Crippen LogP contribution in [0.25, 0.3) is 10.9 Å². The molecule has 0 unspecified atom stereocenters. The molecule has 0 spiro atoms. The molecule has 5 heteroatoms. The zero-order valence-corrected chi connectivity index (χ0v) is 15.4. The molecule has 2 heterocycles. The molecule has 1 N–H and O–H groups in total. The van der Waals surface area contributed by atoms with Crippen LogP contribution in [0.4, 0.5) is 4.79 Å². The van der Waals surface area contributed by atoms with Gasteiger partial charge in [0.1, 0.15) is 6.61 Å². The Hall–Kier alpha value is -2.79. The molecule has 140 valence electrons. The Balaban J connectivity index is 1.29. The van der Waals surface area contributed by atoms with Crippen molar-refractivity contribution in [2.45, 2.75) is 25.6 Å². The Morgan fingerprint density at radius 1 is 1.07 bits per heavy atom. The molecule has 1 aliphatic rings. The van der Waals surface area contributed by atoms with E-state index in [-0.39, 0.29) is 12.1 Å². The van der Waals surface area contributed by atoms with Crippen LogP contribution < -0.4 is 5.32 Å². The number of benzene rings is 2. The molecular formula is C22H25N3O2. The van der Waals surface area contributed by atoms with E-state index in [4.69, 9.17) is 4.74 Å². The van der Waals surface area contributed by atoms with Crippen molar-refractivity contribution in [3.05, 3.63) is 72.4 Å². The van der Waals surface area contributed by atoms with Crippen LogP contribution in [0.2, 0.25) is 0 Å². The second-order valence-corrected chi connectivity index (χ2v) is 6.99. The molecular weight excluding hydrogens is 338 g/mol. The maximum atomic E-state index is 12.4. The molecule has 0 radical (unpaired) electrons. The van der Waals surface area contributed by atoms with E-state index in [0.29, 0.717) is 19.7 Å². The molecule has 5 nitrogen and oxygen atoms in total. The number of aromatic nitrogens is 1. The van der Waals surface area contributed by atoms with Crippen LogP contribution in [-0.4, -0.2) is 41.2 Å². The van der Waals surface area contributed by atoms with Gasteiger partial charge in [-0.25, -0.2) is 4.79 Å². The van der Waals surface area contributed by atoms with Crippen LogP contribution >= 0.6 is 0 Å². The number of piperazine rings is 1. The van der Waals surface area contributed by atoms with E-state index in [9.17, 15) is 4.79 Å². The standard InChI is InChI=1S/C22H25N3O2/c26-22(27-17-18-6-2-1-3-7-18)25-15-12-23-20(16-25)11-14-24-13-10-19-8-4-5-9-21(19)24/h1-10,13,20,23H,11-12,14-17H2/t20-/m1/s1. The Morgan fingerprint density at radius 3 is 2.78 bits per heavy atom. The number of nitrogens with one attached hydrogen (secondary N) is 1. The molecule has 3 aromatic rings. The summed E-state index contributed by atoms with van der Waals surface area (Å²) in [7, 11) is 0. The average molecular weight is 363 g/mol. The van der Waals surface area contributed by atoms with Crippen molar-refractivity contribution < 1.29 is 9.53 Å². The molecule has 1 amide bonds. The van der Waals surface area contributed by atoms with E-state index >= 15 is 0 Å². The topological polar surface area (TPSA) is 46.5 Å². The number of carbonyl (C=O) groups excluding carboxylic acids is 1. The minimum Gasteiger partial charge on any atom is -0.445 e. The maximum absolute atomic E-state index is 12.4. The molecule has 0 bridgehead atoms. The first-order valence-electron chi connectivity index (χ1n) is 9.52. The third-order valence-corrected chi connectivity index (χ3v) is 5.12. The van der Waals surface area contributed by atoms with Gasteiger partial charge in [0.2, 0.25) is 0 Å². The fourth-order valence-electron chi connectivity index (χ4n) is 3.63. The van der Waals surface area contributed by atoms with Gasteiger partial charge in [0.25, 0.3) is 0 Å². The monoisotopic (exact) mass is 363 g/mol. The first-order valence-corrected chi connectivity index (χ1v) is 9.52. The van der Waals surface area contributed by atoms with Gasteiger partial charge in [-0.05, 0) is 29.5 Å². The number of hydrogen-bond acceptors (Lipinski definition) is 3. The highest BCUT2D eigenvalue weighted by molar-refractivity contribution is 5.79. The lowest BCUT2D eigenvalue weighted by Crippen LogP contribution is -2.52. The van der Waals surface area contributed by atoms with Gasteiger partial charge in [0, 0.05) is 43.9 Å². The minimum atomic E-state index is -0.225. The molecule has 1 saturated heterocycles. The number of fused-ring (bicyclic) bond motifs is 1. The average Bonchev–Trinajstić information content (AvgIpc) is 3.15. The molecule has 2 aromatic carbocycles. The highest BCUT2D eigenvalue weighted by Crippen LogP contribution is 2.16. The van der Waals surface area contributed by atoms with E-state index in [2.05, 4.69) is 46.4 Å². The number of amides is 1. The summed E-state index contributed by atoms with van der Waals surface area (Å²) < 4.78 is 7.76. The second-order valence-electron chi connectivity index (χ2n) is 6.99. The van der Waals surface area contributed by atoms with Gasteiger partial charge < -0.3 is 19.5 Å². The number of ether oxygens (including phenoxy) is 1. The van der Waals surface area contributed by atoms with Crippen LogP contribution in [-0.2, 0) is 17.9 Å². The Bertz CT molecular complexity index is 891. The number of rotatable bonds is 5. The minimum absolute atomic E-state index is 0.225. The largest absolute Gasteiger partial charge is 0.445 e. The van der Waals surface area contributed by atoms with Crippen LogP contribution in [0.5, 0.6) is 0 Å². The molecule has 0 aliphatic carbocycles. The zero-order valence-electron chi connectivity index (χ0n) is 15.4. The maximum Gasteiger partial charge on any atom is 0.410 e. The summed E-state index contributed by atoms with van der Waals surface area (Å²) in [5.74, 6) is 0. The van der Waals surface area contributed by atoms with Crippen LogP contribution in [0.1, 0.15) is 12.0 Å². The van der Waals surface area contributed by atoms with E-state index in [1.807, 2.05) is 35.2 Å². The van der Waals surface area contributed by atoms with Crippen molar-refractivity contribution in [2.24, 2.45) is 0 Å². The first kappa shape index (κ1) is 17.6. The van der Waals surface area contributed by atoms with E-state index < -0.39 is 0 Å². The predicted molar refractivity (Wildman–Crippen MR) is 107 cm³/mol. The van der Waals surface area contributed by atoms with Gasteiger partial charge in [-0.3, -0.25) is 0 Å². The molecule has 4 rings (SSSR count). The lowest BCUT2D eigenvalue weighted by molar-refractivity contribution is 0.0839. The molecule has 0 saturated carbocycles. The summed E-state index contributed by atoms with van der Waals surface area (Å²) in [5, 5.41) is 4.79. The fraction of sp³-hybridized carbons (Fsp3) is 0.318. The van der Waals surface area contributed by atoms with Crippen LogP contribution in [0.15, 0.2) is 66.9 Å². The van der Waals surface area contributed by atoms with Crippen molar-refractivity contribution >= 4 is 17.0 Å². The van der Waals surface area contributed by atoms with E-state index in [1.54, 1.807) is 0 Å². The van der Waals surface area contributed by atoms with Gasteiger partial charge in [-0.2, -0.15) is 0 Å². The number of nitrogens with zero attached hydrogens (tertiary/aromatic N) is 2. The quantitative estimate of drug-likeness (QED) is 0.753. The van der Waals surface area contributed by atoms with Crippen LogP contribution in [0, 0.1) is 0 Å². The normalized spacial score (nSPS) is 17.2. The molecule has 27 heavy (non-hydrogen) atoms. The third kappa shape index (κ3) is 4.31. The molecule has 1 fully saturated rings. The number of hydrogen-bond donors (Lipinski definition) is 1. The smallest absolute Gasteiger partial charge is 0.410 e. The lowest BCUT2D eigenvalue weighted by Gasteiger charge is -2.33. The van der Waals surface area contributed by atoms with Crippen molar-refractivity contribution in [3.8, 4) is 0 Å². The zero-order chi connectivity index (χ0) is 18.5. The van der Waals surface area contributed by atoms with E-state index in [0.717, 1.165) is 25.1 Å². The molecule has 1 aromatic heterocycles. The summed E-state index contributed by atoms with van der Waals surface area (Å²) in [6, 6.07) is 20.7. The molecule has 1 aliphatic heterocycles. The van der Waals surface area contributed by atoms with Crippen molar-refractivity contribution in [1.29, 1.82) is 0 Å². The van der Waals surface area contributed by atoms with Crippen molar-refractivity contribution in [2.75, 3.05) is 19.6 Å². The van der Waals surface area contributed by atoms with Gasteiger partial charge in [0.15, 0.2) is 0 Å². The summed E-state index contributed by atoms with van der Waals surface area (Å²) in [5.41, 5.74) is 2.27. The Kier molecular flexibility index (Phi) is 5.39. The second kappa shape index (κ2) is 8.27. The van der Waals surface area contributed by atoms with Gasteiger partial charge in [0.05, 0.1) is 0 Å². The van der Waals surface area contributed by atoms with E-state index in [1.165, 1.54) is 10.9 Å². The summed E-state index contributed by atoms with van der Waals surface area (Å²) in [6.07, 6.45) is 2.89. The highest BCUT2D eigenvalue weighted by atomic mass is 16.6. The summed E-state index contributed by atoms with van der Waals surface area (Å²) in [4.78, 5) is 14.2. The fourth-order valence-corrected chi connectivity index (χ4v) is 3.63. The number of para-hydroxylation sites is 1. The van der Waals surface area contributed by atoms with Crippen LogP contribution in [0.3, 0.4) is 0 Å². The van der Waals surface area contributed by atoms with Gasteiger partial charge >= 0.3 is 6.09 Å². The highest BCUT2D eigenvalue weighted by Gasteiger charge is 2.24. The SMILES string of the molecule is O=C(OCc1ccccc1)N1CCN[C@H](CCn2ccc3ccccc32)C1. The predicted octanol–water partition coefficient (Wildman–Crippen LogP) is 3.64. The van der Waals surface area contributed by atoms with Crippen molar-refractivity contribution in [3.63, 3.8) is 0 Å². The number of aryl methyl sites for hydroxylation is 1. The van der Waals surface area contributed by atoms with Gasteiger partial charge in [-0.1, -0.05) is 48.5 Å². The summed E-state index contributed by atoms with van der Waals surface area (Å²) >= 11 is 0.